The van der Waals surface area contributed by atoms with E-state index < -0.39 is 0 Å². The fraction of sp³-hybridized carbons (Fsp3) is 0.750. The van der Waals surface area contributed by atoms with Crippen molar-refractivity contribution >= 4 is 11.5 Å². The van der Waals surface area contributed by atoms with Crippen LogP contribution in [0.25, 0.3) is 0 Å². The molecule has 6 nitrogen and oxygen atoms in total. The van der Waals surface area contributed by atoms with Gasteiger partial charge in [-0.3, -0.25) is 10.1 Å². The molecule has 0 atom stereocenters. The molecule has 0 unspecified atom stereocenters. The zero-order chi connectivity index (χ0) is 13.7. The first-order chi connectivity index (χ1) is 8.47. The number of anilines is 1. The van der Waals surface area contributed by atoms with Gasteiger partial charge in [-0.25, -0.2) is 4.68 Å². The lowest BCUT2D eigenvalue weighted by atomic mass is 10.1. The second-order valence-corrected chi connectivity index (χ2v) is 4.82. The number of rotatable bonds is 7. The van der Waals surface area contributed by atoms with E-state index in [2.05, 4.69) is 24.3 Å². The Labute approximate surface area is 108 Å². The van der Waals surface area contributed by atoms with Crippen molar-refractivity contribution in [2.45, 2.75) is 47.1 Å². The average molecular weight is 254 g/mol. The van der Waals surface area contributed by atoms with Crippen LogP contribution < -0.4 is 5.32 Å². The molecule has 0 fully saturated rings. The van der Waals surface area contributed by atoms with Gasteiger partial charge in [-0.2, -0.15) is 5.10 Å². The summed E-state index contributed by atoms with van der Waals surface area (Å²) in [6.07, 6.45) is 2.11. The van der Waals surface area contributed by atoms with E-state index >= 15 is 0 Å². The predicted molar refractivity (Wildman–Crippen MR) is 71.9 cm³/mol. The van der Waals surface area contributed by atoms with Crippen molar-refractivity contribution in [1.82, 2.24) is 9.78 Å². The molecule has 1 aromatic rings. The van der Waals surface area contributed by atoms with E-state index in [4.69, 9.17) is 0 Å². The molecule has 0 bridgehead atoms. The molecule has 6 heteroatoms. The third-order valence-corrected chi connectivity index (χ3v) is 2.83. The monoisotopic (exact) mass is 254 g/mol. The van der Waals surface area contributed by atoms with Crippen molar-refractivity contribution in [3.8, 4) is 0 Å². The molecule has 102 valence electrons. The zero-order valence-electron chi connectivity index (χ0n) is 11.6. The Morgan fingerprint density at radius 2 is 2.17 bits per heavy atom. The number of hydrogen-bond acceptors (Lipinski definition) is 4. The van der Waals surface area contributed by atoms with Crippen LogP contribution in [0.3, 0.4) is 0 Å². The molecule has 0 aliphatic heterocycles. The third-order valence-electron chi connectivity index (χ3n) is 2.83. The van der Waals surface area contributed by atoms with E-state index in [0.29, 0.717) is 24.0 Å². The highest BCUT2D eigenvalue weighted by Gasteiger charge is 2.24. The summed E-state index contributed by atoms with van der Waals surface area (Å²) in [5.41, 5.74) is 0.564. The number of aromatic nitrogens is 2. The van der Waals surface area contributed by atoms with Crippen LogP contribution in [0.2, 0.25) is 0 Å². The van der Waals surface area contributed by atoms with Crippen molar-refractivity contribution < 1.29 is 4.92 Å². The van der Waals surface area contributed by atoms with Gasteiger partial charge >= 0.3 is 5.69 Å². The summed E-state index contributed by atoms with van der Waals surface area (Å²) < 4.78 is 1.66. The Balaban J connectivity index is 2.76. The predicted octanol–water partition coefficient (Wildman–Crippen LogP) is 2.97. The number of nitrogens with zero attached hydrogens (tertiary/aromatic N) is 3. The molecule has 1 aromatic heterocycles. The minimum Gasteiger partial charge on any atom is -0.365 e. The lowest BCUT2D eigenvalue weighted by molar-refractivity contribution is -0.384. The van der Waals surface area contributed by atoms with Gasteiger partial charge in [-0.15, -0.1) is 0 Å². The molecular weight excluding hydrogens is 232 g/mol. The van der Waals surface area contributed by atoms with E-state index in [1.54, 1.807) is 11.6 Å². The summed E-state index contributed by atoms with van der Waals surface area (Å²) in [5, 5.41) is 18.4. The summed E-state index contributed by atoms with van der Waals surface area (Å²) in [6, 6.07) is 0. The number of nitrogens with one attached hydrogen (secondary N) is 1. The molecule has 1 N–H and O–H groups in total. The number of aryl methyl sites for hydroxylation is 2. The highest BCUT2D eigenvalue weighted by atomic mass is 16.6. The second kappa shape index (κ2) is 6.37. The largest absolute Gasteiger partial charge is 0.365 e. The normalized spacial score (nSPS) is 10.9. The van der Waals surface area contributed by atoms with E-state index in [1.807, 2.05) is 6.92 Å². The quantitative estimate of drug-likeness (QED) is 0.461. The highest BCUT2D eigenvalue weighted by Crippen LogP contribution is 2.28. The van der Waals surface area contributed by atoms with Gasteiger partial charge in [-0.05, 0) is 32.6 Å². The lowest BCUT2D eigenvalue weighted by Gasteiger charge is -2.08. The molecule has 0 saturated carbocycles. The molecule has 0 aliphatic carbocycles. The van der Waals surface area contributed by atoms with Crippen LogP contribution in [0.4, 0.5) is 11.5 Å². The van der Waals surface area contributed by atoms with Gasteiger partial charge in [0.15, 0.2) is 0 Å². The maximum absolute atomic E-state index is 11.0. The maximum atomic E-state index is 11.0. The Morgan fingerprint density at radius 1 is 1.50 bits per heavy atom. The van der Waals surface area contributed by atoms with E-state index in [-0.39, 0.29) is 10.6 Å². The van der Waals surface area contributed by atoms with Crippen molar-refractivity contribution in [1.29, 1.82) is 0 Å². The van der Waals surface area contributed by atoms with Crippen LogP contribution in [0.1, 0.15) is 39.3 Å². The van der Waals surface area contributed by atoms with Gasteiger partial charge in [-0.1, -0.05) is 13.8 Å². The van der Waals surface area contributed by atoms with E-state index in [1.165, 1.54) is 0 Å². The van der Waals surface area contributed by atoms with Crippen LogP contribution in [0.15, 0.2) is 0 Å². The van der Waals surface area contributed by atoms with Crippen LogP contribution in [0, 0.1) is 23.0 Å². The minimum atomic E-state index is -0.362. The summed E-state index contributed by atoms with van der Waals surface area (Å²) in [7, 11) is 0. The van der Waals surface area contributed by atoms with Crippen LogP contribution in [-0.4, -0.2) is 21.2 Å². The summed E-state index contributed by atoms with van der Waals surface area (Å²) in [4.78, 5) is 10.7. The molecule has 0 aliphatic rings. The topological polar surface area (TPSA) is 73.0 Å². The van der Waals surface area contributed by atoms with Crippen LogP contribution in [-0.2, 0) is 6.54 Å². The third kappa shape index (κ3) is 3.45. The van der Waals surface area contributed by atoms with Gasteiger partial charge in [0.1, 0.15) is 5.69 Å². The summed E-state index contributed by atoms with van der Waals surface area (Å²) in [5.74, 6) is 1.18. The maximum Gasteiger partial charge on any atom is 0.333 e. The molecule has 0 amide bonds. The van der Waals surface area contributed by atoms with Gasteiger partial charge < -0.3 is 5.32 Å². The smallest absolute Gasteiger partial charge is 0.333 e. The molecule has 1 heterocycles. The SMILES string of the molecule is CCn1nc(C)c([N+](=O)[O-])c1NCCCC(C)C. The number of nitro groups is 1. The Hall–Kier alpha value is -1.59. The molecular formula is C12H22N4O2. The van der Waals surface area contributed by atoms with Gasteiger partial charge in [0, 0.05) is 13.1 Å². The molecule has 0 radical (unpaired) electrons. The van der Waals surface area contributed by atoms with E-state index in [9.17, 15) is 10.1 Å². The Kier molecular flexibility index (Phi) is 5.12. The molecule has 0 aromatic carbocycles. The highest BCUT2D eigenvalue weighted by molar-refractivity contribution is 5.59. The molecule has 1 rings (SSSR count). The van der Waals surface area contributed by atoms with Crippen molar-refractivity contribution in [2.75, 3.05) is 11.9 Å². The van der Waals surface area contributed by atoms with Crippen molar-refractivity contribution in [3.63, 3.8) is 0 Å². The fourth-order valence-corrected chi connectivity index (χ4v) is 1.91. The van der Waals surface area contributed by atoms with Gasteiger partial charge in [0.25, 0.3) is 0 Å². The first-order valence-electron chi connectivity index (χ1n) is 6.43. The van der Waals surface area contributed by atoms with Crippen LogP contribution in [0.5, 0.6) is 0 Å². The second-order valence-electron chi connectivity index (χ2n) is 4.82. The lowest BCUT2D eigenvalue weighted by Crippen LogP contribution is -2.10. The van der Waals surface area contributed by atoms with Crippen LogP contribution >= 0.6 is 0 Å². The van der Waals surface area contributed by atoms with Crippen molar-refractivity contribution in [3.05, 3.63) is 15.8 Å². The fourth-order valence-electron chi connectivity index (χ4n) is 1.91. The molecule has 0 spiro atoms. The van der Waals surface area contributed by atoms with E-state index in [0.717, 1.165) is 19.4 Å². The number of hydrogen-bond donors (Lipinski definition) is 1. The molecule has 18 heavy (non-hydrogen) atoms. The minimum absolute atomic E-state index is 0.0985. The first-order valence-corrected chi connectivity index (χ1v) is 6.43. The van der Waals surface area contributed by atoms with Gasteiger partial charge in [0.05, 0.1) is 4.92 Å². The average Bonchev–Trinajstić information content (AvgIpc) is 2.60. The van der Waals surface area contributed by atoms with Crippen molar-refractivity contribution in [2.24, 2.45) is 5.92 Å². The van der Waals surface area contributed by atoms with Gasteiger partial charge in [0.2, 0.25) is 5.82 Å². The summed E-state index contributed by atoms with van der Waals surface area (Å²) >= 11 is 0. The Bertz CT molecular complexity index is 412. The molecule has 0 saturated heterocycles. The standard InChI is InChI=1S/C12H22N4O2/c1-5-15-12(13-8-6-7-9(2)3)11(16(17)18)10(4)14-15/h9,13H,5-8H2,1-4H3. The Morgan fingerprint density at radius 3 is 2.67 bits per heavy atom. The summed E-state index contributed by atoms with van der Waals surface area (Å²) in [6.45, 7) is 9.30. The zero-order valence-corrected chi connectivity index (χ0v) is 11.6. The first kappa shape index (κ1) is 14.5.